The summed E-state index contributed by atoms with van der Waals surface area (Å²) < 4.78 is 0.601. The lowest BCUT2D eigenvalue weighted by molar-refractivity contribution is -0.650. The summed E-state index contributed by atoms with van der Waals surface area (Å²) in [6, 6.07) is 1.39. The summed E-state index contributed by atoms with van der Waals surface area (Å²) in [7, 11) is 0. The molecule has 0 aromatic carbocycles. The molecule has 0 amide bonds. The predicted octanol–water partition coefficient (Wildman–Crippen LogP) is -1.10. The molecule has 6 heteroatoms. The third kappa shape index (κ3) is 0.895. The maximum atomic E-state index is 10.9. The van der Waals surface area contributed by atoms with Gasteiger partial charge < -0.3 is 10.4 Å². The van der Waals surface area contributed by atoms with E-state index in [0.29, 0.717) is 20.5 Å². The Morgan fingerprint density at radius 1 is 1.33 bits per heavy atom. The Balaban J connectivity index is 2.86. The van der Waals surface area contributed by atoms with Crippen LogP contribution in [0, 0.1) is 10.4 Å². The smallest absolute Gasteiger partial charge is 0.195 e. The number of nitrogens with zero attached hydrogens (tertiary/aromatic N) is 4. The third-order valence-corrected chi connectivity index (χ3v) is 1.48. The molecule has 0 saturated heterocycles. The fourth-order valence-electron chi connectivity index (χ4n) is 0.943. The molecule has 2 aromatic heterocycles. The Bertz CT molecular complexity index is 431. The monoisotopic (exact) mass is 164 g/mol. The van der Waals surface area contributed by atoms with Crippen LogP contribution in [0.5, 0.6) is 0 Å². The molecule has 0 atom stereocenters. The summed E-state index contributed by atoms with van der Waals surface area (Å²) in [6.45, 7) is 0. The molecule has 2 aromatic rings. The Kier molecular flexibility index (Phi) is 1.26. The van der Waals surface area contributed by atoms with Gasteiger partial charge in [-0.1, -0.05) is 0 Å². The van der Waals surface area contributed by atoms with Crippen molar-refractivity contribution in [3.05, 3.63) is 35.1 Å². The molecule has 0 aliphatic rings. The summed E-state index contributed by atoms with van der Waals surface area (Å²) in [5.41, 5.74) is 0.331. The first kappa shape index (κ1) is 6.71. The van der Waals surface area contributed by atoms with E-state index in [0.717, 1.165) is 0 Å². The van der Waals surface area contributed by atoms with Crippen molar-refractivity contribution < 1.29 is 9.58 Å². The van der Waals surface area contributed by atoms with Gasteiger partial charge >= 0.3 is 0 Å². The normalized spacial score (nSPS) is 10.3. The SMILES string of the molecule is [O-][n+]1ccc2c(cnn[n+]2[O-])c1. The van der Waals surface area contributed by atoms with E-state index < -0.39 is 0 Å². The fourth-order valence-corrected chi connectivity index (χ4v) is 0.943. The molecule has 60 valence electrons. The Morgan fingerprint density at radius 2 is 2.17 bits per heavy atom. The van der Waals surface area contributed by atoms with E-state index in [9.17, 15) is 10.4 Å². The average Bonchev–Trinajstić information content (AvgIpc) is 2.04. The molecule has 0 bridgehead atoms. The highest BCUT2D eigenvalue weighted by Crippen LogP contribution is 2.00. The summed E-state index contributed by atoms with van der Waals surface area (Å²) in [4.78, 5) is 0.370. The van der Waals surface area contributed by atoms with Crippen LogP contribution in [-0.4, -0.2) is 10.3 Å². The lowest BCUT2D eigenvalue weighted by atomic mass is 10.3. The van der Waals surface area contributed by atoms with Crippen molar-refractivity contribution in [1.29, 1.82) is 0 Å². The minimum atomic E-state index is 0.331. The van der Waals surface area contributed by atoms with Crippen LogP contribution < -0.4 is 9.58 Å². The molecule has 0 aliphatic carbocycles. The molecule has 12 heavy (non-hydrogen) atoms. The molecule has 0 unspecified atom stereocenters. The van der Waals surface area contributed by atoms with E-state index in [1.165, 1.54) is 24.7 Å². The van der Waals surface area contributed by atoms with Gasteiger partial charge in [0.15, 0.2) is 24.1 Å². The van der Waals surface area contributed by atoms with Gasteiger partial charge in [0.2, 0.25) is 0 Å². The number of pyridine rings is 1. The largest absolute Gasteiger partial charge is 0.691 e. The summed E-state index contributed by atoms with van der Waals surface area (Å²) in [5, 5.41) is 28.8. The van der Waals surface area contributed by atoms with Crippen molar-refractivity contribution in [1.82, 2.24) is 10.3 Å². The van der Waals surface area contributed by atoms with Crippen LogP contribution in [0.1, 0.15) is 0 Å². The van der Waals surface area contributed by atoms with Gasteiger partial charge in [0.25, 0.3) is 0 Å². The maximum absolute atomic E-state index is 10.9. The van der Waals surface area contributed by atoms with Crippen molar-refractivity contribution in [2.75, 3.05) is 0 Å². The zero-order chi connectivity index (χ0) is 8.55. The average molecular weight is 164 g/mol. The number of aromatic nitrogens is 4. The molecule has 0 saturated carbocycles. The van der Waals surface area contributed by atoms with Gasteiger partial charge in [-0.05, 0) is 0 Å². The second-order valence-corrected chi connectivity index (χ2v) is 2.25. The van der Waals surface area contributed by atoms with E-state index in [4.69, 9.17) is 0 Å². The summed E-state index contributed by atoms with van der Waals surface area (Å²) >= 11 is 0. The maximum Gasteiger partial charge on any atom is 0.195 e. The van der Waals surface area contributed by atoms with Gasteiger partial charge in [0.05, 0.1) is 11.2 Å². The van der Waals surface area contributed by atoms with Gasteiger partial charge in [-0.2, -0.15) is 4.73 Å². The Morgan fingerprint density at radius 3 is 3.00 bits per heavy atom. The first-order valence-corrected chi connectivity index (χ1v) is 3.21. The van der Waals surface area contributed by atoms with Gasteiger partial charge in [-0.15, -0.1) is 4.85 Å². The van der Waals surface area contributed by atoms with Crippen LogP contribution in [-0.2, 0) is 0 Å². The summed E-state index contributed by atoms with van der Waals surface area (Å²) in [6.07, 6.45) is 3.86. The highest BCUT2D eigenvalue weighted by Gasteiger charge is 2.05. The third-order valence-electron chi connectivity index (χ3n) is 1.48. The van der Waals surface area contributed by atoms with E-state index in [1.807, 2.05) is 0 Å². The molecule has 2 heterocycles. The number of hydrogen-bond acceptors (Lipinski definition) is 4. The zero-order valence-corrected chi connectivity index (χ0v) is 5.91. The second-order valence-electron chi connectivity index (χ2n) is 2.25. The van der Waals surface area contributed by atoms with Crippen LogP contribution in [0.15, 0.2) is 24.7 Å². The highest BCUT2D eigenvalue weighted by atomic mass is 16.5. The Labute approximate surface area is 66.8 Å². The number of fused-ring (bicyclic) bond motifs is 1. The molecule has 6 nitrogen and oxygen atoms in total. The fraction of sp³-hybridized carbons (Fsp3) is 0. The lowest BCUT2D eigenvalue weighted by Gasteiger charge is -1.99. The molecular weight excluding hydrogens is 160 g/mol. The number of hydrogen-bond donors (Lipinski definition) is 0. The van der Waals surface area contributed by atoms with Gasteiger partial charge in [0, 0.05) is 0 Å². The molecule has 0 aliphatic heterocycles. The first-order chi connectivity index (χ1) is 5.77. The molecular formula is C6H4N4O2. The minimum absolute atomic E-state index is 0.331. The Hall–Kier alpha value is -1.98. The first-order valence-electron chi connectivity index (χ1n) is 3.21. The van der Waals surface area contributed by atoms with Gasteiger partial charge in [-0.3, -0.25) is 0 Å². The minimum Gasteiger partial charge on any atom is -0.691 e. The zero-order valence-electron chi connectivity index (χ0n) is 5.91. The van der Waals surface area contributed by atoms with Crippen molar-refractivity contribution in [2.45, 2.75) is 0 Å². The molecule has 0 fully saturated rings. The van der Waals surface area contributed by atoms with E-state index >= 15 is 0 Å². The van der Waals surface area contributed by atoms with E-state index in [1.54, 1.807) is 0 Å². The highest BCUT2D eigenvalue weighted by molar-refractivity contribution is 5.71. The molecule has 0 N–H and O–H groups in total. The van der Waals surface area contributed by atoms with E-state index in [-0.39, 0.29) is 0 Å². The lowest BCUT2D eigenvalue weighted by Crippen LogP contribution is -2.34. The predicted molar refractivity (Wildman–Crippen MR) is 37.5 cm³/mol. The van der Waals surface area contributed by atoms with Crippen molar-refractivity contribution in [3.63, 3.8) is 0 Å². The van der Waals surface area contributed by atoms with Crippen molar-refractivity contribution in [3.8, 4) is 0 Å². The molecule has 2 rings (SSSR count). The molecule has 0 radical (unpaired) electrons. The van der Waals surface area contributed by atoms with Crippen LogP contribution in [0.4, 0.5) is 0 Å². The quantitative estimate of drug-likeness (QED) is 0.365. The summed E-state index contributed by atoms with van der Waals surface area (Å²) in [5.74, 6) is 0. The standard InChI is InChI=1S/C6H4N4O2/c11-9-2-1-6-5(4-9)3-7-8-10(6)12/h1-4H. The number of rotatable bonds is 0. The van der Waals surface area contributed by atoms with Gasteiger partial charge in [0.1, 0.15) is 10.6 Å². The van der Waals surface area contributed by atoms with Crippen molar-refractivity contribution >= 4 is 10.9 Å². The van der Waals surface area contributed by atoms with Crippen molar-refractivity contribution in [2.24, 2.45) is 0 Å². The van der Waals surface area contributed by atoms with E-state index in [2.05, 4.69) is 10.3 Å². The van der Waals surface area contributed by atoms with Crippen LogP contribution in [0.25, 0.3) is 10.9 Å². The molecule has 0 spiro atoms. The van der Waals surface area contributed by atoms with Crippen LogP contribution >= 0.6 is 0 Å². The topological polar surface area (TPSA) is 79.7 Å². The second kappa shape index (κ2) is 2.26. The van der Waals surface area contributed by atoms with Crippen LogP contribution in [0.3, 0.4) is 0 Å². The van der Waals surface area contributed by atoms with Crippen LogP contribution in [0.2, 0.25) is 0 Å². The van der Waals surface area contributed by atoms with Gasteiger partial charge in [-0.25, -0.2) is 0 Å².